The van der Waals surface area contributed by atoms with Gasteiger partial charge in [0.15, 0.2) is 0 Å². The van der Waals surface area contributed by atoms with Crippen molar-refractivity contribution in [1.82, 2.24) is 9.88 Å². The van der Waals surface area contributed by atoms with E-state index in [1.807, 2.05) is 13.8 Å². The largest absolute Gasteiger partial charge is 0.475 e. The molecule has 2 N–H and O–H groups in total. The lowest BCUT2D eigenvalue weighted by Gasteiger charge is -2.27. The third-order valence-electron chi connectivity index (χ3n) is 4.05. The quantitative estimate of drug-likeness (QED) is 0.592. The van der Waals surface area contributed by atoms with E-state index in [1.165, 1.54) is 35.4 Å². The van der Waals surface area contributed by atoms with Crippen LogP contribution in [0.5, 0.6) is 5.88 Å². The van der Waals surface area contributed by atoms with Crippen molar-refractivity contribution in [2.24, 2.45) is 5.92 Å². The maximum Gasteiger partial charge on any atom is 0.321 e. The van der Waals surface area contributed by atoms with Crippen LogP contribution in [0.3, 0.4) is 0 Å². The number of hydrogen-bond donors (Lipinski definition) is 2. The van der Waals surface area contributed by atoms with Crippen molar-refractivity contribution < 1.29 is 23.8 Å². The second kappa shape index (κ2) is 11.3. The molecule has 0 saturated heterocycles. The maximum atomic E-state index is 13.1. The summed E-state index contributed by atoms with van der Waals surface area (Å²) in [5.41, 5.74) is 1.06. The van der Waals surface area contributed by atoms with E-state index in [1.54, 1.807) is 19.2 Å². The summed E-state index contributed by atoms with van der Waals surface area (Å²) < 4.78 is 23.4. The number of pyridine rings is 1. The minimum Gasteiger partial charge on any atom is -0.475 e. The number of urea groups is 1. The number of ether oxygens (including phenoxy) is 2. The molecule has 1 aromatic carbocycles. The van der Waals surface area contributed by atoms with Gasteiger partial charge in [0, 0.05) is 19.7 Å². The van der Waals surface area contributed by atoms with Gasteiger partial charge in [0.05, 0.1) is 31.1 Å². The lowest BCUT2D eigenvalue weighted by atomic mass is 10.1. The fourth-order valence-electron chi connectivity index (χ4n) is 2.65. The van der Waals surface area contributed by atoms with E-state index in [2.05, 4.69) is 10.3 Å². The average molecular weight is 405 g/mol. The van der Waals surface area contributed by atoms with Crippen LogP contribution >= 0.6 is 0 Å². The second-order valence-corrected chi connectivity index (χ2v) is 7.02. The van der Waals surface area contributed by atoms with Gasteiger partial charge in [-0.3, -0.25) is 0 Å². The molecule has 2 aromatic rings. The first-order chi connectivity index (χ1) is 13.9. The summed E-state index contributed by atoms with van der Waals surface area (Å²) in [6.45, 7) is 5.35. The number of hydrogen-bond acceptors (Lipinski definition) is 5. The van der Waals surface area contributed by atoms with Crippen LogP contribution in [-0.2, 0) is 4.74 Å². The molecule has 0 radical (unpaired) electrons. The Balaban J connectivity index is 1.99. The van der Waals surface area contributed by atoms with E-state index < -0.39 is 6.10 Å². The van der Waals surface area contributed by atoms with Crippen LogP contribution in [-0.4, -0.2) is 54.4 Å². The normalized spacial score (nSPS) is 11.9. The van der Waals surface area contributed by atoms with Crippen molar-refractivity contribution in [2.75, 3.05) is 38.7 Å². The van der Waals surface area contributed by atoms with E-state index >= 15 is 0 Å². The number of carbonyl (C=O) groups excluding carboxylic acids is 1. The summed E-state index contributed by atoms with van der Waals surface area (Å²) in [7, 11) is 1.59. The summed E-state index contributed by atoms with van der Waals surface area (Å²) >= 11 is 0. The number of anilines is 1. The van der Waals surface area contributed by atoms with Crippen molar-refractivity contribution in [3.63, 3.8) is 0 Å². The summed E-state index contributed by atoms with van der Waals surface area (Å²) in [6.07, 6.45) is 0.582. The molecule has 8 heteroatoms. The number of aliphatic hydroxyl groups excluding tert-OH is 1. The van der Waals surface area contributed by atoms with E-state index in [9.17, 15) is 14.3 Å². The van der Waals surface area contributed by atoms with Crippen LogP contribution in [0.25, 0.3) is 0 Å². The number of aromatic nitrogens is 1. The lowest BCUT2D eigenvalue weighted by Crippen LogP contribution is -2.40. The first-order valence-corrected chi connectivity index (χ1v) is 9.46. The van der Waals surface area contributed by atoms with Crippen molar-refractivity contribution >= 4 is 11.7 Å². The average Bonchev–Trinajstić information content (AvgIpc) is 2.69. The Bertz CT molecular complexity index is 754. The SMILES string of the molecule is COCCOc1ccc(NC(=O)N(CC(C)C)CC(O)c2ccc(F)cc2)cn1. The molecule has 1 heterocycles. The molecular formula is C21H28FN3O4. The third-order valence-corrected chi connectivity index (χ3v) is 4.05. The first kappa shape index (κ1) is 22.6. The molecule has 0 spiro atoms. The van der Waals surface area contributed by atoms with Gasteiger partial charge in [-0.25, -0.2) is 14.2 Å². The van der Waals surface area contributed by atoms with Crippen LogP contribution in [0.2, 0.25) is 0 Å². The minimum atomic E-state index is -0.921. The summed E-state index contributed by atoms with van der Waals surface area (Å²) in [6, 6.07) is 8.59. The smallest absolute Gasteiger partial charge is 0.321 e. The Hall–Kier alpha value is -2.71. The number of rotatable bonds is 10. The van der Waals surface area contributed by atoms with Gasteiger partial charge >= 0.3 is 6.03 Å². The predicted octanol–water partition coefficient (Wildman–Crippen LogP) is 3.47. The van der Waals surface area contributed by atoms with Crippen molar-refractivity contribution in [2.45, 2.75) is 20.0 Å². The first-order valence-electron chi connectivity index (χ1n) is 9.46. The molecule has 1 atom stereocenters. The van der Waals surface area contributed by atoms with Gasteiger partial charge in [-0.15, -0.1) is 0 Å². The van der Waals surface area contributed by atoms with Gasteiger partial charge in [0.1, 0.15) is 12.4 Å². The molecule has 1 unspecified atom stereocenters. The Labute approximate surface area is 170 Å². The van der Waals surface area contributed by atoms with Crippen LogP contribution in [0.1, 0.15) is 25.5 Å². The highest BCUT2D eigenvalue weighted by Gasteiger charge is 2.20. The highest BCUT2D eigenvalue weighted by molar-refractivity contribution is 5.89. The summed E-state index contributed by atoms with van der Waals surface area (Å²) in [5.74, 6) is 0.265. The van der Waals surface area contributed by atoms with Crippen LogP contribution in [0.15, 0.2) is 42.6 Å². The summed E-state index contributed by atoms with van der Waals surface area (Å²) in [4.78, 5) is 18.4. The molecular weight excluding hydrogens is 377 g/mol. The van der Waals surface area contributed by atoms with Gasteiger partial charge in [-0.1, -0.05) is 26.0 Å². The van der Waals surface area contributed by atoms with Gasteiger partial charge in [0.2, 0.25) is 5.88 Å². The number of amides is 2. The molecule has 2 rings (SSSR count). The number of halogens is 1. The number of aliphatic hydroxyl groups is 1. The zero-order valence-corrected chi connectivity index (χ0v) is 17.0. The second-order valence-electron chi connectivity index (χ2n) is 7.02. The van der Waals surface area contributed by atoms with Crippen molar-refractivity contribution in [1.29, 1.82) is 0 Å². The van der Waals surface area contributed by atoms with E-state index in [0.29, 0.717) is 36.9 Å². The number of benzene rings is 1. The highest BCUT2D eigenvalue weighted by Crippen LogP contribution is 2.18. The van der Waals surface area contributed by atoms with E-state index in [0.717, 1.165) is 0 Å². The predicted molar refractivity (Wildman–Crippen MR) is 108 cm³/mol. The molecule has 2 amide bonds. The molecule has 29 heavy (non-hydrogen) atoms. The number of methoxy groups -OCH3 is 1. The molecule has 158 valence electrons. The van der Waals surface area contributed by atoms with E-state index in [-0.39, 0.29) is 24.3 Å². The zero-order valence-electron chi connectivity index (χ0n) is 17.0. The lowest BCUT2D eigenvalue weighted by molar-refractivity contribution is 0.121. The Kier molecular flexibility index (Phi) is 8.82. The topological polar surface area (TPSA) is 83.9 Å². The van der Waals surface area contributed by atoms with E-state index in [4.69, 9.17) is 9.47 Å². The Morgan fingerprint density at radius 1 is 1.17 bits per heavy atom. The molecule has 7 nitrogen and oxygen atoms in total. The highest BCUT2D eigenvalue weighted by atomic mass is 19.1. The van der Waals surface area contributed by atoms with Gasteiger partial charge < -0.3 is 24.8 Å². The zero-order chi connectivity index (χ0) is 21.2. The molecule has 0 aliphatic rings. The maximum absolute atomic E-state index is 13.1. The number of carbonyl (C=O) groups is 1. The van der Waals surface area contributed by atoms with Gasteiger partial charge in [-0.05, 0) is 29.7 Å². The monoisotopic (exact) mass is 405 g/mol. The van der Waals surface area contributed by atoms with Gasteiger partial charge in [0.25, 0.3) is 0 Å². The molecule has 0 aliphatic carbocycles. The van der Waals surface area contributed by atoms with Crippen molar-refractivity contribution in [3.05, 3.63) is 54.0 Å². The third kappa shape index (κ3) is 7.67. The van der Waals surface area contributed by atoms with Crippen LogP contribution < -0.4 is 10.1 Å². The van der Waals surface area contributed by atoms with Crippen LogP contribution in [0, 0.1) is 11.7 Å². The molecule has 0 aliphatic heterocycles. The summed E-state index contributed by atoms with van der Waals surface area (Å²) in [5, 5.41) is 13.2. The van der Waals surface area contributed by atoms with Crippen LogP contribution in [0.4, 0.5) is 14.9 Å². The van der Waals surface area contributed by atoms with Gasteiger partial charge in [-0.2, -0.15) is 0 Å². The number of nitrogens with zero attached hydrogens (tertiary/aromatic N) is 2. The number of nitrogens with one attached hydrogen (secondary N) is 1. The minimum absolute atomic E-state index is 0.0846. The molecule has 0 bridgehead atoms. The Morgan fingerprint density at radius 2 is 1.90 bits per heavy atom. The Morgan fingerprint density at radius 3 is 2.48 bits per heavy atom. The fraction of sp³-hybridized carbons (Fsp3) is 0.429. The molecule has 0 saturated carbocycles. The molecule has 0 fully saturated rings. The fourth-order valence-corrected chi connectivity index (χ4v) is 2.65. The van der Waals surface area contributed by atoms with Crippen molar-refractivity contribution in [3.8, 4) is 5.88 Å². The molecule has 1 aromatic heterocycles. The standard InChI is InChI=1S/C21H28FN3O4/c1-15(2)13-25(14-19(26)16-4-6-17(22)7-5-16)21(27)24-18-8-9-20(23-12-18)29-11-10-28-3/h4-9,12,15,19,26H,10-11,13-14H2,1-3H3,(H,24,27).